The zero-order valence-corrected chi connectivity index (χ0v) is 18.2. The van der Waals surface area contributed by atoms with E-state index in [-0.39, 0.29) is 0 Å². The summed E-state index contributed by atoms with van der Waals surface area (Å²) in [6.45, 7) is 10.1. The quantitative estimate of drug-likeness (QED) is 0.640. The first-order valence-electron chi connectivity index (χ1n) is 8.97. The summed E-state index contributed by atoms with van der Waals surface area (Å²) >= 11 is 6.19. The van der Waals surface area contributed by atoms with Crippen molar-refractivity contribution in [3.63, 3.8) is 0 Å². The number of benzene rings is 2. The zero-order valence-electron chi connectivity index (χ0n) is 16.7. The third-order valence-electron chi connectivity index (χ3n) is 5.38. The van der Waals surface area contributed by atoms with Gasteiger partial charge in [-0.15, -0.1) is 0 Å². The second-order valence-corrected chi connectivity index (χ2v) is 9.10. The van der Waals surface area contributed by atoms with E-state index in [2.05, 4.69) is 9.82 Å². The average Bonchev–Trinajstić information content (AvgIpc) is 3.06. The van der Waals surface area contributed by atoms with Crippen molar-refractivity contribution in [3.8, 4) is 0 Å². The molecule has 0 amide bonds. The summed E-state index contributed by atoms with van der Waals surface area (Å²) in [6, 6.07) is 7.50. The molecule has 1 aromatic heterocycles. The number of nitrogens with one attached hydrogen (secondary N) is 1. The van der Waals surface area contributed by atoms with E-state index in [1.807, 2.05) is 58.9 Å². The fraction of sp³-hybridized carbons (Fsp3) is 0.286. The number of hydrogen-bond acceptors (Lipinski definition) is 3. The minimum Gasteiger partial charge on any atom is -0.276 e. The summed E-state index contributed by atoms with van der Waals surface area (Å²) in [5.41, 5.74) is 6.00. The SMILES string of the molecule is Cc1c(C)c(C)c(S(=O)(=O)Nc2cnn(Cc3ccccc3Cl)c2)c(C)c1C. The summed E-state index contributed by atoms with van der Waals surface area (Å²) in [5.74, 6) is 0. The molecule has 0 saturated heterocycles. The van der Waals surface area contributed by atoms with Crippen LogP contribution in [0.4, 0.5) is 5.69 Å². The summed E-state index contributed by atoms with van der Waals surface area (Å²) in [7, 11) is -3.73. The van der Waals surface area contributed by atoms with Crippen LogP contribution in [0.3, 0.4) is 0 Å². The Balaban J connectivity index is 1.91. The van der Waals surface area contributed by atoms with Crippen molar-refractivity contribution in [2.45, 2.75) is 46.1 Å². The smallest absolute Gasteiger partial charge is 0.262 e. The molecule has 0 saturated carbocycles. The van der Waals surface area contributed by atoms with E-state index in [0.29, 0.717) is 22.2 Å². The zero-order chi connectivity index (χ0) is 20.6. The number of aromatic nitrogens is 2. The Morgan fingerprint density at radius 2 is 1.54 bits per heavy atom. The third kappa shape index (κ3) is 3.80. The van der Waals surface area contributed by atoms with Gasteiger partial charge >= 0.3 is 0 Å². The van der Waals surface area contributed by atoms with Crippen LogP contribution < -0.4 is 4.72 Å². The second kappa shape index (κ2) is 7.60. The minimum atomic E-state index is -3.73. The molecule has 0 aliphatic rings. The summed E-state index contributed by atoms with van der Waals surface area (Å²) in [6.07, 6.45) is 3.17. The van der Waals surface area contributed by atoms with Crippen molar-refractivity contribution in [3.05, 3.63) is 75.1 Å². The Morgan fingerprint density at radius 3 is 2.14 bits per heavy atom. The molecule has 0 aliphatic carbocycles. The van der Waals surface area contributed by atoms with Gasteiger partial charge in [0.2, 0.25) is 0 Å². The predicted octanol–water partition coefficient (Wildman–Crippen LogP) is 4.93. The number of halogens is 1. The third-order valence-corrected chi connectivity index (χ3v) is 7.40. The normalized spacial score (nSPS) is 11.6. The standard InChI is InChI=1S/C21H24ClN3O2S/c1-13-14(2)16(4)21(17(5)15(13)3)28(26,27)24-19-10-23-25(12-19)11-18-8-6-7-9-20(18)22/h6-10,12,24H,11H2,1-5H3. The molecule has 3 rings (SSSR count). The molecule has 148 valence electrons. The Bertz CT molecular complexity index is 1120. The Labute approximate surface area is 171 Å². The van der Waals surface area contributed by atoms with Gasteiger partial charge in [0.05, 0.1) is 23.3 Å². The van der Waals surface area contributed by atoms with E-state index in [1.165, 1.54) is 6.20 Å². The van der Waals surface area contributed by atoms with E-state index in [4.69, 9.17) is 11.6 Å². The molecule has 3 aromatic rings. The molecule has 0 radical (unpaired) electrons. The van der Waals surface area contributed by atoms with Crippen LogP contribution in [0, 0.1) is 34.6 Å². The number of anilines is 1. The molecule has 1 heterocycles. The first-order chi connectivity index (χ1) is 13.1. The largest absolute Gasteiger partial charge is 0.276 e. The van der Waals surface area contributed by atoms with Crippen LogP contribution in [0.25, 0.3) is 0 Å². The lowest BCUT2D eigenvalue weighted by atomic mass is 9.95. The predicted molar refractivity (Wildman–Crippen MR) is 114 cm³/mol. The molecule has 0 spiro atoms. The van der Waals surface area contributed by atoms with Gasteiger partial charge in [0.25, 0.3) is 10.0 Å². The molecule has 0 aliphatic heterocycles. The maximum absolute atomic E-state index is 13.1. The average molecular weight is 418 g/mol. The van der Waals surface area contributed by atoms with Gasteiger partial charge in [-0.2, -0.15) is 5.10 Å². The van der Waals surface area contributed by atoms with Gasteiger partial charge in [-0.3, -0.25) is 9.40 Å². The highest BCUT2D eigenvalue weighted by atomic mass is 35.5. The van der Waals surface area contributed by atoms with Crippen molar-refractivity contribution in [2.75, 3.05) is 4.72 Å². The molecule has 0 unspecified atom stereocenters. The Morgan fingerprint density at radius 1 is 0.964 bits per heavy atom. The number of hydrogen-bond donors (Lipinski definition) is 1. The van der Waals surface area contributed by atoms with Gasteiger partial charge in [0.15, 0.2) is 0 Å². The van der Waals surface area contributed by atoms with Crippen molar-refractivity contribution in [2.24, 2.45) is 0 Å². The van der Waals surface area contributed by atoms with Crippen molar-refractivity contribution in [1.82, 2.24) is 9.78 Å². The second-order valence-electron chi connectivity index (χ2n) is 7.08. The molecule has 28 heavy (non-hydrogen) atoms. The van der Waals surface area contributed by atoms with Gasteiger partial charge in [0, 0.05) is 11.2 Å². The number of sulfonamides is 1. The molecule has 1 N–H and O–H groups in total. The Kier molecular flexibility index (Phi) is 5.55. The number of rotatable bonds is 5. The highest BCUT2D eigenvalue weighted by molar-refractivity contribution is 7.92. The van der Waals surface area contributed by atoms with E-state index in [1.54, 1.807) is 10.9 Å². The van der Waals surface area contributed by atoms with Crippen LogP contribution in [0.2, 0.25) is 5.02 Å². The minimum absolute atomic E-state index is 0.340. The van der Waals surface area contributed by atoms with E-state index >= 15 is 0 Å². The monoisotopic (exact) mass is 417 g/mol. The van der Waals surface area contributed by atoms with E-state index in [9.17, 15) is 8.42 Å². The molecule has 2 aromatic carbocycles. The number of nitrogens with zero attached hydrogens (tertiary/aromatic N) is 2. The molecule has 0 fully saturated rings. The lowest BCUT2D eigenvalue weighted by Crippen LogP contribution is -2.17. The molecular weight excluding hydrogens is 394 g/mol. The van der Waals surface area contributed by atoms with Crippen LogP contribution in [0.5, 0.6) is 0 Å². The first-order valence-corrected chi connectivity index (χ1v) is 10.8. The summed E-state index contributed by atoms with van der Waals surface area (Å²) < 4.78 is 30.5. The maximum Gasteiger partial charge on any atom is 0.262 e. The maximum atomic E-state index is 13.1. The van der Waals surface area contributed by atoms with Gasteiger partial charge < -0.3 is 0 Å². The van der Waals surface area contributed by atoms with Gasteiger partial charge in [0.1, 0.15) is 0 Å². The summed E-state index contributed by atoms with van der Waals surface area (Å²) in [5, 5.41) is 4.91. The Hall–Kier alpha value is -2.31. The highest BCUT2D eigenvalue weighted by Gasteiger charge is 2.24. The van der Waals surface area contributed by atoms with Crippen LogP contribution >= 0.6 is 11.6 Å². The van der Waals surface area contributed by atoms with Gasteiger partial charge in [-0.05, 0) is 74.1 Å². The summed E-state index contributed by atoms with van der Waals surface area (Å²) in [4.78, 5) is 0.340. The molecule has 7 heteroatoms. The van der Waals surface area contributed by atoms with E-state index in [0.717, 1.165) is 33.4 Å². The van der Waals surface area contributed by atoms with Crippen LogP contribution in [-0.4, -0.2) is 18.2 Å². The fourth-order valence-electron chi connectivity index (χ4n) is 3.38. The molecule has 0 bridgehead atoms. The van der Waals surface area contributed by atoms with E-state index < -0.39 is 10.0 Å². The van der Waals surface area contributed by atoms with Crippen LogP contribution in [0.15, 0.2) is 41.6 Å². The van der Waals surface area contributed by atoms with Crippen molar-refractivity contribution >= 4 is 27.3 Å². The molecule has 0 atom stereocenters. The van der Waals surface area contributed by atoms with Gasteiger partial charge in [-0.1, -0.05) is 29.8 Å². The van der Waals surface area contributed by atoms with Gasteiger partial charge in [-0.25, -0.2) is 8.42 Å². The van der Waals surface area contributed by atoms with Crippen molar-refractivity contribution in [1.29, 1.82) is 0 Å². The van der Waals surface area contributed by atoms with Crippen LogP contribution in [0.1, 0.15) is 33.4 Å². The lowest BCUT2D eigenvalue weighted by Gasteiger charge is -2.19. The van der Waals surface area contributed by atoms with Crippen molar-refractivity contribution < 1.29 is 8.42 Å². The highest BCUT2D eigenvalue weighted by Crippen LogP contribution is 2.30. The molecular formula is C21H24ClN3O2S. The fourth-order valence-corrected chi connectivity index (χ4v) is 5.20. The lowest BCUT2D eigenvalue weighted by molar-refractivity contribution is 0.599. The topological polar surface area (TPSA) is 64.0 Å². The van der Waals surface area contributed by atoms with Crippen LogP contribution in [-0.2, 0) is 16.6 Å². The first kappa shape index (κ1) is 20.4. The molecule has 5 nitrogen and oxygen atoms in total.